The van der Waals surface area contributed by atoms with Crippen LogP contribution in [0.4, 0.5) is 5.82 Å². The Hall–Kier alpha value is -2.58. The Morgan fingerprint density at radius 2 is 1.96 bits per heavy atom. The lowest BCUT2D eigenvalue weighted by Crippen LogP contribution is -2.32. The number of fused-ring (bicyclic) bond motifs is 3. The van der Waals surface area contributed by atoms with E-state index in [0.29, 0.717) is 29.0 Å². The van der Waals surface area contributed by atoms with Crippen LogP contribution in [-0.4, -0.2) is 27.3 Å². The van der Waals surface area contributed by atoms with E-state index in [1.807, 2.05) is 24.3 Å². The fourth-order valence-electron chi connectivity index (χ4n) is 3.38. The minimum Gasteiger partial charge on any atom is -0.454 e. The van der Waals surface area contributed by atoms with E-state index in [9.17, 15) is 0 Å². The van der Waals surface area contributed by atoms with E-state index in [1.54, 1.807) is 0 Å². The van der Waals surface area contributed by atoms with Crippen molar-refractivity contribution in [3.05, 3.63) is 41.1 Å². The van der Waals surface area contributed by atoms with Crippen LogP contribution < -0.4 is 15.2 Å². The normalized spacial score (nSPS) is 16.9. The van der Waals surface area contributed by atoms with Crippen LogP contribution in [0.25, 0.3) is 11.0 Å². The summed E-state index contributed by atoms with van der Waals surface area (Å²) >= 11 is 1.52. The highest BCUT2D eigenvalue weighted by Crippen LogP contribution is 2.35. The third-order valence-electron chi connectivity index (χ3n) is 4.88. The maximum Gasteiger partial charge on any atom is 0.231 e. The monoisotopic (exact) mass is 396 g/mol. The number of nitrogen functional groups attached to an aromatic ring is 1. The molecule has 0 saturated heterocycles. The van der Waals surface area contributed by atoms with Gasteiger partial charge < -0.3 is 19.9 Å². The van der Waals surface area contributed by atoms with E-state index < -0.39 is 0 Å². The Labute approximate surface area is 166 Å². The van der Waals surface area contributed by atoms with Crippen molar-refractivity contribution in [3.63, 3.8) is 0 Å². The highest BCUT2D eigenvalue weighted by Gasteiger charge is 2.28. The van der Waals surface area contributed by atoms with Gasteiger partial charge in [0.2, 0.25) is 6.79 Å². The summed E-state index contributed by atoms with van der Waals surface area (Å²) in [5.74, 6) is 2.70. The zero-order valence-corrected chi connectivity index (χ0v) is 16.5. The average molecular weight is 396 g/mol. The quantitative estimate of drug-likeness (QED) is 0.531. The Balaban J connectivity index is 1.42. The van der Waals surface area contributed by atoms with Crippen LogP contribution >= 0.6 is 11.8 Å². The van der Waals surface area contributed by atoms with E-state index in [4.69, 9.17) is 24.9 Å². The number of hydrogen-bond acceptors (Lipinski definition) is 8. The third kappa shape index (κ3) is 3.22. The van der Waals surface area contributed by atoms with E-state index >= 15 is 0 Å². The van der Waals surface area contributed by atoms with Gasteiger partial charge in [-0.05, 0) is 37.6 Å². The highest BCUT2D eigenvalue weighted by molar-refractivity contribution is 7.98. The van der Waals surface area contributed by atoms with Gasteiger partial charge in [0, 0.05) is 17.7 Å². The van der Waals surface area contributed by atoms with Gasteiger partial charge in [-0.15, -0.1) is 0 Å². The fraction of sp³-hybridized carbons (Fsp3) is 0.350. The Bertz CT molecular complexity index is 1090. The SMILES string of the molecule is CC1(C)Cc2nc3nc(SCc4ccc5c(c4)OCO5)nc(N)c3cc2CO1. The molecule has 0 atom stereocenters. The number of benzene rings is 1. The fourth-order valence-corrected chi connectivity index (χ4v) is 4.17. The van der Waals surface area contributed by atoms with E-state index in [-0.39, 0.29) is 12.4 Å². The molecule has 0 fully saturated rings. The molecule has 0 aliphatic carbocycles. The van der Waals surface area contributed by atoms with Crippen molar-refractivity contribution in [2.24, 2.45) is 0 Å². The smallest absolute Gasteiger partial charge is 0.231 e. The van der Waals surface area contributed by atoms with Gasteiger partial charge in [0.05, 0.1) is 23.3 Å². The molecular weight excluding hydrogens is 376 g/mol. The third-order valence-corrected chi connectivity index (χ3v) is 5.80. The molecule has 8 heteroatoms. The molecule has 3 aromatic rings. The summed E-state index contributed by atoms with van der Waals surface area (Å²) in [6, 6.07) is 7.93. The predicted octanol–water partition coefficient (Wildman–Crippen LogP) is 3.48. The number of pyridine rings is 1. The first-order valence-corrected chi connectivity index (χ1v) is 10.1. The molecule has 2 aromatic heterocycles. The maximum absolute atomic E-state index is 6.20. The molecule has 2 N–H and O–H groups in total. The van der Waals surface area contributed by atoms with Crippen molar-refractivity contribution in [2.75, 3.05) is 12.5 Å². The van der Waals surface area contributed by atoms with Crippen LogP contribution in [0.5, 0.6) is 11.5 Å². The second-order valence-corrected chi connectivity index (χ2v) is 8.50. The van der Waals surface area contributed by atoms with Crippen molar-refractivity contribution in [3.8, 4) is 11.5 Å². The van der Waals surface area contributed by atoms with Gasteiger partial charge in [0.1, 0.15) is 5.82 Å². The molecule has 0 spiro atoms. The maximum atomic E-state index is 6.20. The molecule has 1 aromatic carbocycles. The summed E-state index contributed by atoms with van der Waals surface area (Å²) in [5, 5.41) is 1.39. The minimum atomic E-state index is -0.219. The number of thioether (sulfide) groups is 1. The Kier molecular flexibility index (Phi) is 4.06. The second kappa shape index (κ2) is 6.49. The standard InChI is InChI=1S/C20H20N4O3S/c1-20(2)7-14-12(8-27-20)6-13-17(21)23-19(24-18(13)22-14)28-9-11-3-4-15-16(5-11)26-10-25-15/h3-6H,7-10H2,1-2H3,(H2,21,22,23,24). The predicted molar refractivity (Wildman–Crippen MR) is 106 cm³/mol. The largest absolute Gasteiger partial charge is 0.454 e. The van der Waals surface area contributed by atoms with Gasteiger partial charge in [0.25, 0.3) is 0 Å². The number of ether oxygens (including phenoxy) is 3. The summed E-state index contributed by atoms with van der Waals surface area (Å²) in [6.45, 7) is 4.95. The topological polar surface area (TPSA) is 92.4 Å². The number of rotatable bonds is 3. The Morgan fingerprint density at radius 1 is 1.11 bits per heavy atom. The number of nitrogens with two attached hydrogens (primary N) is 1. The number of aromatic nitrogens is 3. The molecule has 4 heterocycles. The van der Waals surface area contributed by atoms with Gasteiger partial charge in [0.15, 0.2) is 22.3 Å². The molecule has 2 aliphatic rings. The van der Waals surface area contributed by atoms with E-state index in [0.717, 1.165) is 40.1 Å². The molecular formula is C20H20N4O3S. The lowest BCUT2D eigenvalue weighted by molar-refractivity contribution is -0.0411. The van der Waals surface area contributed by atoms with Gasteiger partial charge in [-0.1, -0.05) is 17.8 Å². The van der Waals surface area contributed by atoms with Gasteiger partial charge in [-0.25, -0.2) is 15.0 Å². The molecule has 0 radical (unpaired) electrons. The first-order valence-electron chi connectivity index (χ1n) is 9.08. The molecule has 2 aliphatic heterocycles. The Morgan fingerprint density at radius 3 is 2.86 bits per heavy atom. The summed E-state index contributed by atoms with van der Waals surface area (Å²) in [7, 11) is 0. The van der Waals surface area contributed by atoms with Crippen LogP contribution in [0.2, 0.25) is 0 Å². The minimum absolute atomic E-state index is 0.219. The lowest BCUT2D eigenvalue weighted by atomic mass is 9.95. The summed E-state index contributed by atoms with van der Waals surface area (Å²) in [5.41, 5.74) is 9.81. The molecule has 0 amide bonds. The van der Waals surface area contributed by atoms with Crippen molar-refractivity contribution < 1.29 is 14.2 Å². The van der Waals surface area contributed by atoms with Crippen LogP contribution in [-0.2, 0) is 23.5 Å². The first-order chi connectivity index (χ1) is 13.5. The van der Waals surface area contributed by atoms with Crippen LogP contribution in [0.1, 0.15) is 30.7 Å². The number of hydrogen-bond donors (Lipinski definition) is 1. The average Bonchev–Trinajstić information content (AvgIpc) is 3.12. The van der Waals surface area contributed by atoms with Crippen LogP contribution in [0.3, 0.4) is 0 Å². The van der Waals surface area contributed by atoms with Crippen molar-refractivity contribution in [1.29, 1.82) is 0 Å². The number of nitrogens with zero attached hydrogens (tertiary/aromatic N) is 3. The highest BCUT2D eigenvalue weighted by atomic mass is 32.2. The van der Waals surface area contributed by atoms with Crippen molar-refractivity contribution in [1.82, 2.24) is 15.0 Å². The van der Waals surface area contributed by atoms with Gasteiger partial charge >= 0.3 is 0 Å². The summed E-state index contributed by atoms with van der Waals surface area (Å²) < 4.78 is 16.7. The van der Waals surface area contributed by atoms with E-state index in [2.05, 4.69) is 23.8 Å². The summed E-state index contributed by atoms with van der Waals surface area (Å²) in [4.78, 5) is 13.9. The van der Waals surface area contributed by atoms with E-state index in [1.165, 1.54) is 11.8 Å². The van der Waals surface area contributed by atoms with Crippen LogP contribution in [0, 0.1) is 0 Å². The first kappa shape index (κ1) is 17.5. The molecule has 28 heavy (non-hydrogen) atoms. The lowest BCUT2D eigenvalue weighted by Gasteiger charge is -2.31. The van der Waals surface area contributed by atoms with Gasteiger partial charge in [-0.3, -0.25) is 0 Å². The second-order valence-electron chi connectivity index (χ2n) is 7.56. The molecule has 0 saturated carbocycles. The molecule has 144 valence electrons. The molecule has 7 nitrogen and oxygen atoms in total. The van der Waals surface area contributed by atoms with Crippen molar-refractivity contribution >= 4 is 28.6 Å². The zero-order valence-electron chi connectivity index (χ0n) is 15.7. The summed E-state index contributed by atoms with van der Waals surface area (Å²) in [6.07, 6.45) is 0.752. The number of anilines is 1. The zero-order chi connectivity index (χ0) is 19.3. The molecule has 5 rings (SSSR count). The molecule has 0 unspecified atom stereocenters. The van der Waals surface area contributed by atoms with Crippen molar-refractivity contribution in [2.45, 2.75) is 43.4 Å². The molecule has 0 bridgehead atoms. The van der Waals surface area contributed by atoms with Gasteiger partial charge in [-0.2, -0.15) is 0 Å². The van der Waals surface area contributed by atoms with Crippen LogP contribution in [0.15, 0.2) is 29.4 Å².